The van der Waals surface area contributed by atoms with E-state index in [4.69, 9.17) is 20.9 Å². The minimum atomic E-state index is -1.41. The zero-order valence-electron chi connectivity index (χ0n) is 16.5. The van der Waals surface area contributed by atoms with Gasteiger partial charge in [-0.3, -0.25) is 9.36 Å². The Balaban J connectivity index is 1.57. The molecular formula is C18H24N8O5. The number of hydrogen-bond acceptors (Lipinski definition) is 12. The topological polar surface area (TPSA) is 196 Å². The van der Waals surface area contributed by atoms with E-state index in [0.717, 1.165) is 12.8 Å². The number of nitrogens with one attached hydrogen (secondary N) is 1. The number of nitrogens with zero attached hydrogens (tertiary/aromatic N) is 5. The van der Waals surface area contributed by atoms with Gasteiger partial charge < -0.3 is 31.2 Å². The van der Waals surface area contributed by atoms with Crippen LogP contribution >= 0.6 is 0 Å². The monoisotopic (exact) mass is 432 g/mol. The van der Waals surface area contributed by atoms with E-state index in [1.807, 2.05) is 6.08 Å². The molecule has 31 heavy (non-hydrogen) atoms. The fourth-order valence-corrected chi connectivity index (χ4v) is 3.46. The molecule has 0 saturated carbocycles. The van der Waals surface area contributed by atoms with Crippen molar-refractivity contribution in [3.63, 3.8) is 0 Å². The number of aromatic nitrogens is 4. The first-order chi connectivity index (χ1) is 15.0. The molecule has 4 rings (SSSR count). The first-order valence-corrected chi connectivity index (χ1v) is 9.83. The number of nitrogens with two attached hydrogens (primary N) is 2. The SMILES string of the molecule is NCCC(=O)[C@H]1O[C@@H](n2cnc3c(N)nc(N/N=C/[C@@H]4CCC=CO4)nc32)[C@H](O)[C@@H]1O. The normalized spacial score (nSPS) is 28.3. The predicted molar refractivity (Wildman–Crippen MR) is 110 cm³/mol. The summed E-state index contributed by atoms with van der Waals surface area (Å²) in [7, 11) is 0. The minimum absolute atomic E-state index is 0.0214. The van der Waals surface area contributed by atoms with Crippen LogP contribution in [0.4, 0.5) is 11.8 Å². The zero-order chi connectivity index (χ0) is 22.0. The van der Waals surface area contributed by atoms with Gasteiger partial charge in [0.1, 0.15) is 29.9 Å². The average molecular weight is 432 g/mol. The lowest BCUT2D eigenvalue weighted by atomic mass is 10.0. The number of rotatable bonds is 7. The molecular weight excluding hydrogens is 408 g/mol. The summed E-state index contributed by atoms with van der Waals surface area (Å²) < 4.78 is 12.4. The number of ether oxygens (including phenoxy) is 2. The van der Waals surface area contributed by atoms with E-state index in [0.29, 0.717) is 0 Å². The highest BCUT2D eigenvalue weighted by Crippen LogP contribution is 2.33. The molecule has 4 heterocycles. The van der Waals surface area contributed by atoms with E-state index >= 15 is 0 Å². The summed E-state index contributed by atoms with van der Waals surface area (Å²) in [6, 6.07) is 0. The number of nitrogen functional groups attached to an aromatic ring is 1. The van der Waals surface area contributed by atoms with Crippen LogP contribution in [0, 0.1) is 0 Å². The molecule has 1 saturated heterocycles. The fourth-order valence-electron chi connectivity index (χ4n) is 3.46. The van der Waals surface area contributed by atoms with Gasteiger partial charge >= 0.3 is 0 Å². The van der Waals surface area contributed by atoms with E-state index in [2.05, 4.69) is 25.5 Å². The quantitative estimate of drug-likeness (QED) is 0.267. The highest BCUT2D eigenvalue weighted by Gasteiger charge is 2.47. The Morgan fingerprint density at radius 3 is 2.97 bits per heavy atom. The third kappa shape index (κ3) is 4.20. The largest absolute Gasteiger partial charge is 0.493 e. The molecule has 2 aliphatic heterocycles. The van der Waals surface area contributed by atoms with E-state index in [9.17, 15) is 15.0 Å². The van der Waals surface area contributed by atoms with Gasteiger partial charge in [-0.05, 0) is 25.5 Å². The number of hydrazone groups is 1. The molecule has 7 N–H and O–H groups in total. The summed E-state index contributed by atoms with van der Waals surface area (Å²) in [5.41, 5.74) is 14.6. The maximum Gasteiger partial charge on any atom is 0.247 e. The number of aliphatic hydroxyl groups is 2. The van der Waals surface area contributed by atoms with Crippen LogP contribution in [-0.4, -0.2) is 72.7 Å². The van der Waals surface area contributed by atoms with Crippen molar-refractivity contribution in [1.29, 1.82) is 0 Å². The molecule has 13 heteroatoms. The van der Waals surface area contributed by atoms with Crippen molar-refractivity contribution in [1.82, 2.24) is 19.5 Å². The molecule has 0 aromatic carbocycles. The van der Waals surface area contributed by atoms with E-state index in [-0.39, 0.29) is 42.0 Å². The molecule has 166 valence electrons. The summed E-state index contributed by atoms with van der Waals surface area (Å²) in [6.45, 7) is 0.113. The second kappa shape index (κ2) is 8.93. The lowest BCUT2D eigenvalue weighted by Gasteiger charge is -2.16. The molecule has 13 nitrogen and oxygen atoms in total. The maximum absolute atomic E-state index is 12.2. The Hall–Kier alpha value is -3.13. The second-order valence-electron chi connectivity index (χ2n) is 7.20. The number of imidazole rings is 1. The second-order valence-corrected chi connectivity index (χ2v) is 7.20. The number of Topliss-reactive ketones (excluding diaryl/α,β-unsaturated/α-hetero) is 1. The number of fused-ring (bicyclic) bond motifs is 1. The smallest absolute Gasteiger partial charge is 0.247 e. The van der Waals surface area contributed by atoms with Crippen LogP contribution in [0.1, 0.15) is 25.5 Å². The molecule has 0 unspecified atom stereocenters. The van der Waals surface area contributed by atoms with E-state index in [1.165, 1.54) is 10.9 Å². The lowest BCUT2D eigenvalue weighted by Crippen LogP contribution is -2.36. The van der Waals surface area contributed by atoms with Gasteiger partial charge in [0.05, 0.1) is 18.8 Å². The summed E-state index contributed by atoms with van der Waals surface area (Å²) >= 11 is 0. The summed E-state index contributed by atoms with van der Waals surface area (Å²) in [5.74, 6) is -0.216. The van der Waals surface area contributed by atoms with Gasteiger partial charge in [-0.15, -0.1) is 0 Å². The van der Waals surface area contributed by atoms with Crippen LogP contribution < -0.4 is 16.9 Å². The summed E-state index contributed by atoms with van der Waals surface area (Å²) in [6.07, 6.45) is 2.98. The number of hydrogen-bond donors (Lipinski definition) is 5. The van der Waals surface area contributed by atoms with Crippen LogP contribution in [0.2, 0.25) is 0 Å². The summed E-state index contributed by atoms with van der Waals surface area (Å²) in [4.78, 5) is 24.8. The first-order valence-electron chi connectivity index (χ1n) is 9.83. The van der Waals surface area contributed by atoms with Crippen LogP contribution in [0.3, 0.4) is 0 Å². The molecule has 0 radical (unpaired) electrons. The highest BCUT2D eigenvalue weighted by atomic mass is 16.6. The number of ketones is 1. The summed E-state index contributed by atoms with van der Waals surface area (Å²) in [5, 5.41) is 24.8. The molecule has 0 amide bonds. The average Bonchev–Trinajstić information content (AvgIpc) is 3.31. The standard InChI is InChI=1S/C18H24N8O5/c19-5-4-10(27)14-12(28)13(29)17(31-14)26-8-21-11-15(20)23-18(24-16(11)26)25-22-7-9-3-1-2-6-30-9/h2,6-9,12-14,17,28-29H,1,3-5,19H2,(H3,20,23,24,25)/b22-7+/t9-,12-,13+,14+,17+/m0/s1. The van der Waals surface area contributed by atoms with Crippen molar-refractivity contribution in [3.05, 3.63) is 18.7 Å². The van der Waals surface area contributed by atoms with Gasteiger partial charge in [0.15, 0.2) is 23.5 Å². The number of anilines is 2. The Kier molecular flexibility index (Phi) is 6.08. The molecule has 2 aromatic heterocycles. The third-order valence-corrected chi connectivity index (χ3v) is 5.04. The van der Waals surface area contributed by atoms with E-state index in [1.54, 1.807) is 12.5 Å². The molecule has 0 bridgehead atoms. The molecule has 0 spiro atoms. The predicted octanol–water partition coefficient (Wildman–Crippen LogP) is -0.964. The third-order valence-electron chi connectivity index (χ3n) is 5.04. The molecule has 5 atom stereocenters. The van der Waals surface area contributed by atoms with Crippen molar-refractivity contribution in [2.75, 3.05) is 17.7 Å². The first kappa shape index (κ1) is 21.1. The van der Waals surface area contributed by atoms with Gasteiger partial charge in [-0.2, -0.15) is 15.1 Å². The van der Waals surface area contributed by atoms with Gasteiger partial charge in [0.2, 0.25) is 5.95 Å². The zero-order valence-corrected chi connectivity index (χ0v) is 16.5. The lowest BCUT2D eigenvalue weighted by molar-refractivity contribution is -0.135. The molecule has 1 fully saturated rings. The number of aliphatic hydroxyl groups excluding tert-OH is 2. The van der Waals surface area contributed by atoms with Crippen molar-refractivity contribution >= 4 is 34.9 Å². The van der Waals surface area contributed by atoms with Gasteiger partial charge in [0, 0.05) is 6.42 Å². The van der Waals surface area contributed by atoms with Gasteiger partial charge in [-0.25, -0.2) is 10.4 Å². The minimum Gasteiger partial charge on any atom is -0.493 e. The highest BCUT2D eigenvalue weighted by molar-refractivity contribution is 5.85. The molecule has 2 aromatic rings. The molecule has 0 aliphatic carbocycles. The number of carbonyl (C=O) groups excluding carboxylic acids is 1. The van der Waals surface area contributed by atoms with Crippen molar-refractivity contribution in [3.8, 4) is 0 Å². The van der Waals surface area contributed by atoms with Crippen molar-refractivity contribution in [2.45, 2.75) is 49.9 Å². The van der Waals surface area contributed by atoms with Gasteiger partial charge in [0.25, 0.3) is 0 Å². The molecule has 2 aliphatic rings. The number of allylic oxidation sites excluding steroid dienone is 1. The Morgan fingerprint density at radius 2 is 2.23 bits per heavy atom. The van der Waals surface area contributed by atoms with Crippen LogP contribution in [0.5, 0.6) is 0 Å². The van der Waals surface area contributed by atoms with Crippen LogP contribution in [0.15, 0.2) is 23.8 Å². The fraction of sp³-hybridized carbons (Fsp3) is 0.500. The Morgan fingerprint density at radius 1 is 1.39 bits per heavy atom. The Labute approximate surface area is 176 Å². The van der Waals surface area contributed by atoms with Crippen molar-refractivity contribution < 1.29 is 24.5 Å². The van der Waals surface area contributed by atoms with Gasteiger partial charge in [-0.1, -0.05) is 0 Å². The van der Waals surface area contributed by atoms with E-state index < -0.39 is 30.3 Å². The van der Waals surface area contributed by atoms with Crippen LogP contribution in [-0.2, 0) is 14.3 Å². The maximum atomic E-state index is 12.2. The van der Waals surface area contributed by atoms with Crippen LogP contribution in [0.25, 0.3) is 11.2 Å². The number of carbonyl (C=O) groups is 1. The Bertz CT molecular complexity index is 1010. The van der Waals surface area contributed by atoms with Crippen molar-refractivity contribution in [2.24, 2.45) is 10.8 Å².